The van der Waals surface area contributed by atoms with E-state index in [1.807, 2.05) is 18.2 Å². The molecule has 1 aliphatic carbocycles. The number of ether oxygens (including phenoxy) is 1. The number of aryl methyl sites for hydroxylation is 1. The van der Waals surface area contributed by atoms with Crippen LogP contribution in [0, 0.1) is 5.82 Å². The summed E-state index contributed by atoms with van der Waals surface area (Å²) in [7, 11) is 0. The van der Waals surface area contributed by atoms with E-state index in [0.717, 1.165) is 43.0 Å². The van der Waals surface area contributed by atoms with E-state index in [9.17, 15) is 4.39 Å². The van der Waals surface area contributed by atoms with E-state index in [1.165, 1.54) is 36.5 Å². The summed E-state index contributed by atoms with van der Waals surface area (Å²) >= 11 is 0. The van der Waals surface area contributed by atoms with Gasteiger partial charge in [0, 0.05) is 49.5 Å². The highest BCUT2D eigenvalue weighted by Crippen LogP contribution is 2.51. The minimum atomic E-state index is -0.489. The Morgan fingerprint density at radius 1 is 0.857 bits per heavy atom. The first-order valence-corrected chi connectivity index (χ1v) is 12.9. The lowest BCUT2D eigenvalue weighted by Crippen LogP contribution is -2.59. The molecule has 35 heavy (non-hydrogen) atoms. The number of benzene rings is 3. The SMILES string of the molecule is Fc1ccccc1C1=NN2[C@@H](C1)c1ccccc1OC21CCN([C@H]2CCCc3ccccc32)CC1. The third-order valence-corrected chi connectivity index (χ3v) is 8.45. The van der Waals surface area contributed by atoms with Crippen molar-refractivity contribution < 1.29 is 9.13 Å². The van der Waals surface area contributed by atoms with E-state index >= 15 is 0 Å². The second-order valence-corrected chi connectivity index (χ2v) is 10.3. The molecule has 7 rings (SSSR count). The predicted octanol–water partition coefficient (Wildman–Crippen LogP) is 6.24. The van der Waals surface area contributed by atoms with E-state index < -0.39 is 5.72 Å². The van der Waals surface area contributed by atoms with Crippen LogP contribution in [0.3, 0.4) is 0 Å². The number of halogens is 1. The number of para-hydroxylation sites is 1. The molecule has 0 unspecified atom stereocenters. The van der Waals surface area contributed by atoms with Crippen LogP contribution in [0.1, 0.15) is 66.4 Å². The van der Waals surface area contributed by atoms with Crippen LogP contribution >= 0.6 is 0 Å². The maximum atomic E-state index is 14.7. The summed E-state index contributed by atoms with van der Waals surface area (Å²) in [6.07, 6.45) is 6.11. The van der Waals surface area contributed by atoms with Gasteiger partial charge in [-0.3, -0.25) is 4.90 Å². The number of nitrogens with zero attached hydrogens (tertiary/aromatic N) is 3. The van der Waals surface area contributed by atoms with Crippen molar-refractivity contribution in [3.63, 3.8) is 0 Å². The maximum Gasteiger partial charge on any atom is 0.200 e. The van der Waals surface area contributed by atoms with Crippen LogP contribution in [-0.2, 0) is 6.42 Å². The Balaban J connectivity index is 1.21. The lowest BCUT2D eigenvalue weighted by molar-refractivity contribution is -0.153. The van der Waals surface area contributed by atoms with E-state index in [0.29, 0.717) is 18.0 Å². The summed E-state index contributed by atoms with van der Waals surface area (Å²) in [6.45, 7) is 1.93. The molecule has 0 bridgehead atoms. The third kappa shape index (κ3) is 3.40. The lowest BCUT2D eigenvalue weighted by Gasteiger charge is -2.52. The zero-order valence-electron chi connectivity index (χ0n) is 19.9. The van der Waals surface area contributed by atoms with Gasteiger partial charge in [-0.2, -0.15) is 5.10 Å². The molecular formula is C30H30FN3O. The summed E-state index contributed by atoms with van der Waals surface area (Å²) < 4.78 is 21.5. The van der Waals surface area contributed by atoms with Crippen LogP contribution in [0.2, 0.25) is 0 Å². The molecule has 0 amide bonds. The van der Waals surface area contributed by atoms with Gasteiger partial charge in [-0.15, -0.1) is 0 Å². The first-order valence-electron chi connectivity index (χ1n) is 12.9. The molecule has 4 nitrogen and oxygen atoms in total. The fourth-order valence-electron chi connectivity index (χ4n) is 6.71. The zero-order chi connectivity index (χ0) is 23.4. The van der Waals surface area contributed by atoms with Gasteiger partial charge in [-0.05, 0) is 42.5 Å². The van der Waals surface area contributed by atoms with Crippen molar-refractivity contribution in [2.75, 3.05) is 13.1 Å². The van der Waals surface area contributed by atoms with Gasteiger partial charge in [-0.25, -0.2) is 9.40 Å². The normalized spacial score (nSPS) is 24.8. The van der Waals surface area contributed by atoms with Crippen LogP contribution < -0.4 is 4.74 Å². The first kappa shape index (κ1) is 21.1. The molecule has 1 fully saturated rings. The summed E-state index contributed by atoms with van der Waals surface area (Å²) in [6, 6.07) is 24.8. The Morgan fingerprint density at radius 2 is 1.60 bits per heavy atom. The Bertz CT molecular complexity index is 1300. The largest absolute Gasteiger partial charge is 0.466 e. The summed E-state index contributed by atoms with van der Waals surface area (Å²) in [5.41, 5.74) is 5.09. The van der Waals surface area contributed by atoms with Crippen molar-refractivity contribution in [2.24, 2.45) is 5.10 Å². The van der Waals surface area contributed by atoms with Gasteiger partial charge in [-0.1, -0.05) is 60.7 Å². The molecule has 0 saturated carbocycles. The van der Waals surface area contributed by atoms with E-state index in [2.05, 4.69) is 52.4 Å². The Morgan fingerprint density at radius 3 is 2.46 bits per heavy atom. The van der Waals surface area contributed by atoms with Gasteiger partial charge in [0.15, 0.2) is 0 Å². The summed E-state index contributed by atoms with van der Waals surface area (Å²) in [5.74, 6) is 0.746. The summed E-state index contributed by atoms with van der Waals surface area (Å²) in [5, 5.41) is 7.24. The monoisotopic (exact) mass is 467 g/mol. The highest BCUT2D eigenvalue weighted by atomic mass is 19.1. The maximum absolute atomic E-state index is 14.7. The van der Waals surface area contributed by atoms with Crippen LogP contribution in [0.15, 0.2) is 77.9 Å². The number of hydrogen-bond donors (Lipinski definition) is 0. The van der Waals surface area contributed by atoms with Crippen molar-refractivity contribution in [3.05, 3.63) is 101 Å². The molecule has 3 heterocycles. The van der Waals surface area contributed by atoms with Crippen LogP contribution in [0.4, 0.5) is 4.39 Å². The van der Waals surface area contributed by atoms with Crippen molar-refractivity contribution in [2.45, 2.75) is 56.3 Å². The van der Waals surface area contributed by atoms with E-state index in [-0.39, 0.29) is 11.9 Å². The topological polar surface area (TPSA) is 28.1 Å². The van der Waals surface area contributed by atoms with Crippen LogP contribution in [0.5, 0.6) is 5.75 Å². The Hall–Kier alpha value is -3.18. The van der Waals surface area contributed by atoms with Crippen molar-refractivity contribution in [3.8, 4) is 5.75 Å². The fraction of sp³-hybridized carbons (Fsp3) is 0.367. The molecule has 0 radical (unpaired) electrons. The van der Waals surface area contributed by atoms with Gasteiger partial charge in [0.2, 0.25) is 5.72 Å². The molecule has 1 saturated heterocycles. The minimum absolute atomic E-state index is 0.0801. The van der Waals surface area contributed by atoms with Crippen molar-refractivity contribution in [1.82, 2.24) is 9.91 Å². The van der Waals surface area contributed by atoms with Gasteiger partial charge in [0.05, 0.1) is 11.8 Å². The van der Waals surface area contributed by atoms with Crippen LogP contribution in [0.25, 0.3) is 0 Å². The molecule has 2 atom stereocenters. The molecule has 0 N–H and O–H groups in total. The zero-order valence-corrected chi connectivity index (χ0v) is 19.9. The average molecular weight is 468 g/mol. The average Bonchev–Trinajstić information content (AvgIpc) is 3.36. The van der Waals surface area contributed by atoms with Gasteiger partial charge in [0.25, 0.3) is 0 Å². The van der Waals surface area contributed by atoms with E-state index in [4.69, 9.17) is 9.84 Å². The second-order valence-electron chi connectivity index (χ2n) is 10.3. The molecule has 4 aliphatic rings. The number of fused-ring (bicyclic) bond motifs is 5. The number of hydrazone groups is 1. The Labute approximate surface area is 206 Å². The number of piperidine rings is 1. The molecule has 1 spiro atoms. The quantitative estimate of drug-likeness (QED) is 0.447. The van der Waals surface area contributed by atoms with Gasteiger partial charge >= 0.3 is 0 Å². The predicted molar refractivity (Wildman–Crippen MR) is 135 cm³/mol. The minimum Gasteiger partial charge on any atom is -0.466 e. The van der Waals surface area contributed by atoms with E-state index in [1.54, 1.807) is 6.07 Å². The number of hydrogen-bond acceptors (Lipinski definition) is 4. The number of rotatable bonds is 2. The smallest absolute Gasteiger partial charge is 0.200 e. The second kappa shape index (κ2) is 8.20. The lowest BCUT2D eigenvalue weighted by atomic mass is 9.84. The molecule has 178 valence electrons. The van der Waals surface area contributed by atoms with Crippen LogP contribution in [-0.4, -0.2) is 34.4 Å². The Kier molecular flexibility index (Phi) is 4.95. The molecule has 0 aromatic heterocycles. The van der Waals surface area contributed by atoms with Gasteiger partial charge < -0.3 is 4.74 Å². The molecule has 5 heteroatoms. The summed E-state index contributed by atoms with van der Waals surface area (Å²) in [4.78, 5) is 2.65. The highest BCUT2D eigenvalue weighted by molar-refractivity contribution is 6.02. The van der Waals surface area contributed by atoms with Crippen molar-refractivity contribution >= 4 is 5.71 Å². The molecule has 3 aliphatic heterocycles. The van der Waals surface area contributed by atoms with Crippen molar-refractivity contribution in [1.29, 1.82) is 0 Å². The molecular weight excluding hydrogens is 437 g/mol. The molecule has 3 aromatic carbocycles. The standard InChI is InChI=1S/C30H30FN3O/c31-25-13-5-3-11-23(25)26-20-28-24-12-4-6-15-29(24)35-30(34(28)32-26)16-18-33(19-17-30)27-14-7-9-21-8-1-2-10-22(21)27/h1-6,8,10-13,15,27-28H,7,9,14,16-20H2/t27-,28-/m0/s1. The van der Waals surface area contributed by atoms with Gasteiger partial charge in [0.1, 0.15) is 11.6 Å². The number of likely N-dealkylation sites (tertiary alicyclic amines) is 1. The third-order valence-electron chi connectivity index (χ3n) is 8.45. The highest BCUT2D eigenvalue weighted by Gasteiger charge is 2.52. The molecule has 3 aromatic rings. The fourth-order valence-corrected chi connectivity index (χ4v) is 6.71. The first-order chi connectivity index (χ1) is 17.2.